The summed E-state index contributed by atoms with van der Waals surface area (Å²) < 4.78 is 41.6. The van der Waals surface area contributed by atoms with Crippen molar-refractivity contribution in [1.82, 2.24) is 9.03 Å². The zero-order valence-electron chi connectivity index (χ0n) is 11.8. The van der Waals surface area contributed by atoms with Crippen LogP contribution in [0.4, 0.5) is 4.39 Å². The molecule has 0 aliphatic carbocycles. The van der Waals surface area contributed by atoms with Crippen molar-refractivity contribution in [2.75, 3.05) is 13.1 Å². The van der Waals surface area contributed by atoms with Crippen LogP contribution >= 0.6 is 0 Å². The molecular weight excluding hydrogens is 279 g/mol. The Balaban J connectivity index is 2.02. The van der Waals surface area contributed by atoms with Crippen LogP contribution in [-0.4, -0.2) is 25.8 Å². The van der Waals surface area contributed by atoms with Crippen molar-refractivity contribution in [3.8, 4) is 0 Å². The molecule has 1 aliphatic rings. The molecule has 1 aliphatic heterocycles. The highest BCUT2D eigenvalue weighted by atomic mass is 32.2. The van der Waals surface area contributed by atoms with Gasteiger partial charge in [-0.2, -0.15) is 17.4 Å². The highest BCUT2D eigenvalue weighted by molar-refractivity contribution is 7.87. The van der Waals surface area contributed by atoms with Gasteiger partial charge in [0.25, 0.3) is 10.2 Å². The van der Waals surface area contributed by atoms with Gasteiger partial charge in [-0.3, -0.25) is 0 Å². The quantitative estimate of drug-likeness (QED) is 0.928. The van der Waals surface area contributed by atoms with Crippen LogP contribution in [0.3, 0.4) is 0 Å². The van der Waals surface area contributed by atoms with Crippen LogP contribution in [0, 0.1) is 11.7 Å². The smallest absolute Gasteiger partial charge is 0.207 e. The van der Waals surface area contributed by atoms with Gasteiger partial charge in [0.2, 0.25) is 0 Å². The van der Waals surface area contributed by atoms with Gasteiger partial charge < -0.3 is 0 Å². The summed E-state index contributed by atoms with van der Waals surface area (Å²) in [7, 11) is -3.47. The molecule has 20 heavy (non-hydrogen) atoms. The van der Waals surface area contributed by atoms with Gasteiger partial charge in [-0.15, -0.1) is 0 Å². The van der Waals surface area contributed by atoms with Gasteiger partial charge in [-0.25, -0.2) is 4.39 Å². The highest BCUT2D eigenvalue weighted by Crippen LogP contribution is 2.20. The Bertz CT molecular complexity index is 537. The molecule has 0 aromatic heterocycles. The second-order valence-corrected chi connectivity index (χ2v) is 7.18. The number of rotatable bonds is 4. The fourth-order valence-electron chi connectivity index (χ4n) is 2.34. The molecule has 112 valence electrons. The molecule has 1 aromatic rings. The van der Waals surface area contributed by atoms with Crippen molar-refractivity contribution >= 4 is 10.2 Å². The average molecular weight is 300 g/mol. The van der Waals surface area contributed by atoms with E-state index in [1.807, 2.05) is 0 Å². The maximum atomic E-state index is 12.9. The van der Waals surface area contributed by atoms with Gasteiger partial charge in [0.15, 0.2) is 0 Å². The van der Waals surface area contributed by atoms with E-state index in [0.29, 0.717) is 19.0 Å². The van der Waals surface area contributed by atoms with Gasteiger partial charge in [-0.1, -0.05) is 19.1 Å². The first-order valence-electron chi connectivity index (χ1n) is 6.91. The lowest BCUT2D eigenvalue weighted by molar-refractivity contribution is 0.284. The minimum Gasteiger partial charge on any atom is -0.207 e. The Kier molecular flexibility index (Phi) is 4.78. The molecule has 1 heterocycles. The van der Waals surface area contributed by atoms with Crippen molar-refractivity contribution in [1.29, 1.82) is 0 Å². The minimum absolute atomic E-state index is 0.325. The summed E-state index contributed by atoms with van der Waals surface area (Å²) in [6.45, 7) is 5.02. The zero-order valence-corrected chi connectivity index (χ0v) is 12.7. The molecule has 1 fully saturated rings. The molecule has 0 unspecified atom stereocenters. The summed E-state index contributed by atoms with van der Waals surface area (Å²) in [6.07, 6.45) is 1.79. The van der Waals surface area contributed by atoms with Gasteiger partial charge in [0.05, 0.1) is 0 Å². The Morgan fingerprint density at radius 2 is 1.80 bits per heavy atom. The molecule has 2 rings (SSSR count). The fourth-order valence-corrected chi connectivity index (χ4v) is 3.77. The van der Waals surface area contributed by atoms with Crippen molar-refractivity contribution in [2.24, 2.45) is 5.92 Å². The number of halogens is 1. The summed E-state index contributed by atoms with van der Waals surface area (Å²) in [5, 5.41) is 0. The Labute approximate surface area is 120 Å². The number of nitrogens with one attached hydrogen (secondary N) is 1. The molecular formula is C14H21FN2O2S. The first kappa shape index (κ1) is 15.4. The van der Waals surface area contributed by atoms with Crippen LogP contribution in [0.25, 0.3) is 0 Å². The third-order valence-corrected chi connectivity index (χ3v) is 5.47. The normalized spacial score (nSPS) is 19.9. The van der Waals surface area contributed by atoms with E-state index >= 15 is 0 Å². The van der Waals surface area contributed by atoms with Crippen LogP contribution in [-0.2, 0) is 10.2 Å². The number of piperidine rings is 1. The van der Waals surface area contributed by atoms with Crippen LogP contribution in [0.15, 0.2) is 24.3 Å². The van der Waals surface area contributed by atoms with Gasteiger partial charge >= 0.3 is 0 Å². The number of hydrogen-bond acceptors (Lipinski definition) is 2. The monoisotopic (exact) mass is 300 g/mol. The van der Waals surface area contributed by atoms with E-state index in [9.17, 15) is 12.8 Å². The van der Waals surface area contributed by atoms with Gasteiger partial charge in [0.1, 0.15) is 5.82 Å². The summed E-state index contributed by atoms with van der Waals surface area (Å²) in [4.78, 5) is 0. The van der Waals surface area contributed by atoms with E-state index in [4.69, 9.17) is 0 Å². The zero-order chi connectivity index (χ0) is 14.8. The Hall–Kier alpha value is -0.980. The maximum Gasteiger partial charge on any atom is 0.279 e. The molecule has 0 amide bonds. The largest absolute Gasteiger partial charge is 0.279 e. The standard InChI is InChI=1S/C14H21FN2O2S/c1-11-7-9-17(10-8-11)20(18,19)16-12(2)13-3-5-14(15)6-4-13/h3-6,11-12,16H,7-10H2,1-2H3/t12-/m1/s1. The van der Waals surface area contributed by atoms with Crippen LogP contribution in [0.2, 0.25) is 0 Å². The molecule has 1 aromatic carbocycles. The second kappa shape index (κ2) is 6.20. The van der Waals surface area contributed by atoms with E-state index in [1.54, 1.807) is 19.1 Å². The molecule has 1 atom stereocenters. The summed E-state index contributed by atoms with van der Waals surface area (Å²) in [6, 6.07) is 5.49. The summed E-state index contributed by atoms with van der Waals surface area (Å²) in [5.74, 6) is 0.254. The molecule has 1 N–H and O–H groups in total. The first-order chi connectivity index (χ1) is 9.38. The van der Waals surface area contributed by atoms with Crippen LogP contribution < -0.4 is 4.72 Å². The lowest BCUT2D eigenvalue weighted by Crippen LogP contribution is -2.45. The van der Waals surface area contributed by atoms with Crippen LogP contribution in [0.5, 0.6) is 0 Å². The van der Waals surface area contributed by atoms with E-state index in [1.165, 1.54) is 16.4 Å². The lowest BCUT2D eigenvalue weighted by atomic mass is 10.0. The molecule has 0 saturated carbocycles. The van der Waals surface area contributed by atoms with E-state index in [2.05, 4.69) is 11.6 Å². The Morgan fingerprint density at radius 3 is 2.35 bits per heavy atom. The molecule has 0 spiro atoms. The number of hydrogen-bond donors (Lipinski definition) is 1. The molecule has 0 radical (unpaired) electrons. The van der Waals surface area contributed by atoms with Gasteiger partial charge in [0, 0.05) is 19.1 Å². The van der Waals surface area contributed by atoms with Crippen molar-refractivity contribution in [2.45, 2.75) is 32.7 Å². The third-order valence-electron chi connectivity index (χ3n) is 3.78. The van der Waals surface area contributed by atoms with Crippen molar-refractivity contribution in [3.63, 3.8) is 0 Å². The minimum atomic E-state index is -3.47. The predicted molar refractivity (Wildman–Crippen MR) is 76.8 cm³/mol. The Morgan fingerprint density at radius 1 is 1.25 bits per heavy atom. The molecule has 1 saturated heterocycles. The first-order valence-corrected chi connectivity index (χ1v) is 8.35. The topological polar surface area (TPSA) is 49.4 Å². The molecule has 0 bridgehead atoms. The lowest BCUT2D eigenvalue weighted by Gasteiger charge is -2.30. The summed E-state index contributed by atoms with van der Waals surface area (Å²) in [5.41, 5.74) is 0.750. The average Bonchev–Trinajstić information content (AvgIpc) is 2.39. The predicted octanol–water partition coefficient (Wildman–Crippen LogP) is 2.45. The number of benzene rings is 1. The van der Waals surface area contributed by atoms with E-state index < -0.39 is 10.2 Å². The highest BCUT2D eigenvalue weighted by Gasteiger charge is 2.27. The van der Waals surface area contributed by atoms with E-state index in [-0.39, 0.29) is 11.9 Å². The van der Waals surface area contributed by atoms with Gasteiger partial charge in [-0.05, 0) is 43.4 Å². The van der Waals surface area contributed by atoms with Crippen molar-refractivity contribution < 1.29 is 12.8 Å². The second-order valence-electron chi connectivity index (χ2n) is 5.48. The molecule has 4 nitrogen and oxygen atoms in total. The maximum absolute atomic E-state index is 12.9. The SMILES string of the molecule is CC1CCN(S(=O)(=O)N[C@H](C)c2ccc(F)cc2)CC1. The van der Waals surface area contributed by atoms with Crippen LogP contribution in [0.1, 0.15) is 38.3 Å². The van der Waals surface area contributed by atoms with E-state index in [0.717, 1.165) is 18.4 Å². The summed E-state index contributed by atoms with van der Waals surface area (Å²) >= 11 is 0. The van der Waals surface area contributed by atoms with Crippen molar-refractivity contribution in [3.05, 3.63) is 35.6 Å². The fraction of sp³-hybridized carbons (Fsp3) is 0.571. The number of nitrogens with zero attached hydrogens (tertiary/aromatic N) is 1. The molecule has 6 heteroatoms. The third kappa shape index (κ3) is 3.77.